The van der Waals surface area contributed by atoms with Crippen LogP contribution in [0.25, 0.3) is 0 Å². The Morgan fingerprint density at radius 2 is 1.95 bits per heavy atom. The van der Waals surface area contributed by atoms with Crippen LogP contribution in [0.5, 0.6) is 11.5 Å². The van der Waals surface area contributed by atoms with E-state index in [9.17, 15) is 0 Å². The van der Waals surface area contributed by atoms with Crippen LogP contribution in [0.1, 0.15) is 23.4 Å². The maximum Gasteiger partial charge on any atom is 0.161 e. The minimum absolute atomic E-state index is 0.303. The molecule has 0 aliphatic heterocycles. The highest BCUT2D eigenvalue weighted by atomic mass is 79.9. The lowest BCUT2D eigenvalue weighted by molar-refractivity contribution is 0.354. The number of hydrogen-bond donors (Lipinski definition) is 1. The van der Waals surface area contributed by atoms with E-state index in [2.05, 4.69) is 39.6 Å². The summed E-state index contributed by atoms with van der Waals surface area (Å²) in [5, 5.41) is 5.61. The third kappa shape index (κ3) is 3.53. The molecule has 0 fully saturated rings. The second kappa shape index (κ2) is 7.11. The smallest absolute Gasteiger partial charge is 0.161 e. The summed E-state index contributed by atoms with van der Waals surface area (Å²) in [5.74, 6) is 1.52. The Morgan fingerprint density at radius 3 is 2.55 bits per heavy atom. The molecular weight excluding hydrogens is 338 g/mol. The standard InChI is InChI=1S/C15H18BrNO2S/c1-10(15-12(16)6-7-20-15)17-9-11-4-5-13(18-2)14(8-11)19-3/h4-8,10,17H,9H2,1-3H3. The van der Waals surface area contributed by atoms with E-state index in [1.807, 2.05) is 18.2 Å². The first-order valence-electron chi connectivity index (χ1n) is 6.33. The predicted octanol–water partition coefficient (Wildman–Crippen LogP) is 4.38. The molecule has 1 aromatic carbocycles. The van der Waals surface area contributed by atoms with Crippen molar-refractivity contribution < 1.29 is 9.47 Å². The monoisotopic (exact) mass is 355 g/mol. The van der Waals surface area contributed by atoms with Crippen LogP contribution in [0.3, 0.4) is 0 Å². The van der Waals surface area contributed by atoms with Crippen molar-refractivity contribution in [3.8, 4) is 11.5 Å². The van der Waals surface area contributed by atoms with Gasteiger partial charge in [-0.1, -0.05) is 6.07 Å². The fourth-order valence-corrected chi connectivity index (χ4v) is 3.72. The minimum atomic E-state index is 0.303. The number of halogens is 1. The van der Waals surface area contributed by atoms with Gasteiger partial charge in [0.05, 0.1) is 14.2 Å². The summed E-state index contributed by atoms with van der Waals surface area (Å²) in [6.45, 7) is 2.95. The highest BCUT2D eigenvalue weighted by molar-refractivity contribution is 9.10. The molecule has 0 radical (unpaired) electrons. The summed E-state index contributed by atoms with van der Waals surface area (Å²) in [7, 11) is 3.30. The first kappa shape index (κ1) is 15.4. The first-order valence-corrected chi connectivity index (χ1v) is 8.00. The van der Waals surface area contributed by atoms with E-state index in [0.29, 0.717) is 6.04 Å². The molecule has 1 heterocycles. The zero-order valence-electron chi connectivity index (χ0n) is 11.8. The van der Waals surface area contributed by atoms with Crippen LogP contribution in [-0.2, 0) is 6.54 Å². The molecule has 20 heavy (non-hydrogen) atoms. The molecule has 1 N–H and O–H groups in total. The van der Waals surface area contributed by atoms with E-state index in [0.717, 1.165) is 22.5 Å². The quantitative estimate of drug-likeness (QED) is 0.833. The van der Waals surface area contributed by atoms with Crippen molar-refractivity contribution in [2.75, 3.05) is 14.2 Å². The van der Waals surface area contributed by atoms with Gasteiger partial charge in [-0.05, 0) is 52.0 Å². The molecule has 3 nitrogen and oxygen atoms in total. The zero-order valence-corrected chi connectivity index (χ0v) is 14.2. The summed E-state index contributed by atoms with van der Waals surface area (Å²) in [6.07, 6.45) is 0. The number of nitrogens with one attached hydrogen (secondary N) is 1. The summed E-state index contributed by atoms with van der Waals surface area (Å²) in [5.41, 5.74) is 1.17. The normalized spacial score (nSPS) is 12.2. The highest BCUT2D eigenvalue weighted by Gasteiger charge is 2.11. The van der Waals surface area contributed by atoms with Crippen LogP contribution in [0.15, 0.2) is 34.1 Å². The predicted molar refractivity (Wildman–Crippen MR) is 86.8 cm³/mol. The number of thiophene rings is 1. The van der Waals surface area contributed by atoms with E-state index in [1.165, 1.54) is 10.4 Å². The van der Waals surface area contributed by atoms with E-state index in [4.69, 9.17) is 9.47 Å². The van der Waals surface area contributed by atoms with Gasteiger partial charge >= 0.3 is 0 Å². The Morgan fingerprint density at radius 1 is 1.20 bits per heavy atom. The molecule has 0 aliphatic carbocycles. The molecule has 0 amide bonds. The second-order valence-corrected chi connectivity index (χ2v) is 6.23. The van der Waals surface area contributed by atoms with Crippen molar-refractivity contribution in [2.45, 2.75) is 19.5 Å². The van der Waals surface area contributed by atoms with Crippen LogP contribution in [0.2, 0.25) is 0 Å². The SMILES string of the molecule is COc1ccc(CNC(C)c2sccc2Br)cc1OC. The van der Waals surface area contributed by atoms with Gasteiger partial charge in [0.1, 0.15) is 0 Å². The van der Waals surface area contributed by atoms with Crippen molar-refractivity contribution in [1.29, 1.82) is 0 Å². The molecule has 1 atom stereocenters. The Labute approximate surface area is 132 Å². The van der Waals surface area contributed by atoms with Gasteiger partial charge in [-0.15, -0.1) is 11.3 Å². The van der Waals surface area contributed by atoms with E-state index in [-0.39, 0.29) is 0 Å². The molecule has 1 aromatic heterocycles. The second-order valence-electron chi connectivity index (χ2n) is 4.42. The van der Waals surface area contributed by atoms with E-state index >= 15 is 0 Å². The van der Waals surface area contributed by atoms with Gasteiger partial charge in [-0.2, -0.15) is 0 Å². The Hall–Kier alpha value is -1.04. The molecule has 0 bridgehead atoms. The number of hydrogen-bond acceptors (Lipinski definition) is 4. The van der Waals surface area contributed by atoms with Crippen molar-refractivity contribution in [1.82, 2.24) is 5.32 Å². The summed E-state index contributed by atoms with van der Waals surface area (Å²) in [4.78, 5) is 1.31. The van der Waals surface area contributed by atoms with E-state index in [1.54, 1.807) is 25.6 Å². The zero-order chi connectivity index (χ0) is 14.5. The maximum absolute atomic E-state index is 5.32. The first-order chi connectivity index (χ1) is 9.65. The molecule has 0 spiro atoms. The van der Waals surface area contributed by atoms with Gasteiger partial charge in [0.15, 0.2) is 11.5 Å². The molecule has 0 saturated carbocycles. The van der Waals surface area contributed by atoms with Gasteiger partial charge in [-0.3, -0.25) is 0 Å². The van der Waals surface area contributed by atoms with Gasteiger partial charge in [0, 0.05) is 21.9 Å². The molecule has 108 valence electrons. The van der Waals surface area contributed by atoms with Crippen LogP contribution in [-0.4, -0.2) is 14.2 Å². The van der Waals surface area contributed by atoms with Gasteiger partial charge < -0.3 is 14.8 Å². The fraction of sp³-hybridized carbons (Fsp3) is 0.333. The van der Waals surface area contributed by atoms with Crippen molar-refractivity contribution in [3.63, 3.8) is 0 Å². The molecular formula is C15H18BrNO2S. The van der Waals surface area contributed by atoms with Crippen molar-refractivity contribution in [3.05, 3.63) is 44.6 Å². The van der Waals surface area contributed by atoms with Crippen LogP contribution >= 0.6 is 27.3 Å². The largest absolute Gasteiger partial charge is 0.493 e. The summed E-state index contributed by atoms with van der Waals surface area (Å²) in [6, 6.07) is 8.36. The highest BCUT2D eigenvalue weighted by Crippen LogP contribution is 2.30. The average molecular weight is 356 g/mol. The number of ether oxygens (including phenoxy) is 2. The topological polar surface area (TPSA) is 30.5 Å². The van der Waals surface area contributed by atoms with Crippen LogP contribution in [0, 0.1) is 0 Å². The third-order valence-electron chi connectivity index (χ3n) is 3.10. The van der Waals surface area contributed by atoms with Gasteiger partial charge in [0.25, 0.3) is 0 Å². The number of benzene rings is 1. The van der Waals surface area contributed by atoms with E-state index < -0.39 is 0 Å². The summed E-state index contributed by atoms with van der Waals surface area (Å²) < 4.78 is 11.7. The molecule has 2 rings (SSSR count). The van der Waals surface area contributed by atoms with Crippen molar-refractivity contribution >= 4 is 27.3 Å². The lowest BCUT2D eigenvalue weighted by Gasteiger charge is -2.14. The molecule has 1 unspecified atom stereocenters. The lowest BCUT2D eigenvalue weighted by atomic mass is 10.2. The minimum Gasteiger partial charge on any atom is -0.493 e. The van der Waals surface area contributed by atoms with Crippen LogP contribution < -0.4 is 14.8 Å². The van der Waals surface area contributed by atoms with Gasteiger partial charge in [-0.25, -0.2) is 0 Å². The Balaban J connectivity index is 2.02. The molecule has 0 aliphatic rings. The Kier molecular flexibility index (Phi) is 5.46. The van der Waals surface area contributed by atoms with Crippen molar-refractivity contribution in [2.24, 2.45) is 0 Å². The molecule has 2 aromatic rings. The third-order valence-corrected chi connectivity index (χ3v) is 5.15. The van der Waals surface area contributed by atoms with Gasteiger partial charge in [0.2, 0.25) is 0 Å². The molecule has 0 saturated heterocycles. The Bertz CT molecular complexity index is 571. The fourth-order valence-electron chi connectivity index (χ4n) is 1.97. The number of rotatable bonds is 6. The lowest BCUT2D eigenvalue weighted by Crippen LogP contribution is -2.17. The summed E-state index contributed by atoms with van der Waals surface area (Å²) >= 11 is 5.32. The maximum atomic E-state index is 5.32. The van der Waals surface area contributed by atoms with Crippen LogP contribution in [0.4, 0.5) is 0 Å². The molecule has 5 heteroatoms. The average Bonchev–Trinajstić information content (AvgIpc) is 2.90. The number of methoxy groups -OCH3 is 2.